The van der Waals surface area contributed by atoms with Crippen molar-refractivity contribution >= 4 is 51.3 Å². The number of carbonyl (C=O) groups excluding carboxylic acids is 1. The molecule has 4 rings (SSSR count). The van der Waals surface area contributed by atoms with Gasteiger partial charge in [-0.15, -0.1) is 0 Å². The van der Waals surface area contributed by atoms with E-state index < -0.39 is 39.0 Å². The second kappa shape index (κ2) is 8.42. The molecular weight excluding hydrogens is 571 g/mol. The molecule has 0 aliphatic carbocycles. The first kappa shape index (κ1) is 20.5. The van der Waals surface area contributed by atoms with Gasteiger partial charge in [-0.05, 0) is 17.7 Å². The molecule has 2 radical (unpaired) electrons. The predicted molar refractivity (Wildman–Crippen MR) is 108 cm³/mol. The molecule has 142 valence electrons. The van der Waals surface area contributed by atoms with Crippen molar-refractivity contribution in [2.24, 2.45) is 0 Å². The molecule has 0 bridgehead atoms. The number of benzene rings is 3. The molecule has 1 aliphatic rings. The number of carboxylic acid groups (broad SMARTS) is 1. The third-order valence-electron chi connectivity index (χ3n) is 4.17. The van der Waals surface area contributed by atoms with Gasteiger partial charge in [-0.1, -0.05) is 12.1 Å². The van der Waals surface area contributed by atoms with Crippen LogP contribution in [0.2, 0.25) is 0 Å². The zero-order valence-corrected chi connectivity index (χ0v) is 19.7. The average Bonchev–Trinajstić information content (AvgIpc) is 2.69. The number of carboxylic acids is 1. The third-order valence-corrected chi connectivity index (χ3v) is 12.2. The topological polar surface area (TPSA) is 77.5 Å². The average molecular weight is 589 g/mol. The standard InChI is InChI=1S/C12H8O2S.C9H11NO2.Bi/c13-15(14,11-7-3-1-4-8-11)12-9-5-2-6-10-12;1-10(2)8-5-3-7(4-6-8)9(11)12;/h1-7,9H;3-6H,1-2H3,(H,11,12);/q;;+1/p-1. The van der Waals surface area contributed by atoms with E-state index >= 15 is 0 Å². The van der Waals surface area contributed by atoms with Crippen LogP contribution in [0.1, 0.15) is 10.4 Å². The molecule has 3 aromatic rings. The fourth-order valence-corrected chi connectivity index (χ4v) is 11.4. The summed E-state index contributed by atoms with van der Waals surface area (Å²) in [6.07, 6.45) is 0. The van der Waals surface area contributed by atoms with E-state index in [2.05, 4.69) is 0 Å². The van der Waals surface area contributed by atoms with Gasteiger partial charge in [0.1, 0.15) is 0 Å². The van der Waals surface area contributed by atoms with Crippen LogP contribution in [0.3, 0.4) is 0 Å². The molecule has 0 atom stereocenters. The summed E-state index contributed by atoms with van der Waals surface area (Å²) in [4.78, 5) is 13.3. The summed E-state index contributed by atoms with van der Waals surface area (Å²) in [7, 11) is 0.537. The van der Waals surface area contributed by atoms with Crippen LogP contribution >= 0.6 is 0 Å². The second-order valence-electron chi connectivity index (χ2n) is 6.28. The minimum absolute atomic E-state index is 0.209. The van der Waals surface area contributed by atoms with Crippen molar-refractivity contribution < 1.29 is 18.3 Å². The van der Waals surface area contributed by atoms with Gasteiger partial charge in [0.15, 0.2) is 0 Å². The Morgan fingerprint density at radius 2 is 1.29 bits per heavy atom. The van der Waals surface area contributed by atoms with Crippen molar-refractivity contribution in [3.63, 3.8) is 0 Å². The van der Waals surface area contributed by atoms with Crippen molar-refractivity contribution in [3.8, 4) is 0 Å². The molecule has 5 nitrogen and oxygen atoms in total. The molecule has 0 fully saturated rings. The fourth-order valence-electron chi connectivity index (χ4n) is 2.70. The van der Waals surface area contributed by atoms with Crippen molar-refractivity contribution in [2.75, 3.05) is 19.0 Å². The van der Waals surface area contributed by atoms with Gasteiger partial charge >= 0.3 is 106 Å². The molecule has 28 heavy (non-hydrogen) atoms. The van der Waals surface area contributed by atoms with Crippen LogP contribution in [0.25, 0.3) is 0 Å². The number of sulfone groups is 1. The normalized spacial score (nSPS) is 13.4. The summed E-state index contributed by atoms with van der Waals surface area (Å²) in [5, 5.41) is 10.4. The van der Waals surface area contributed by atoms with Gasteiger partial charge in [0.2, 0.25) is 0 Å². The van der Waals surface area contributed by atoms with Crippen LogP contribution in [0.4, 0.5) is 5.69 Å². The van der Waals surface area contributed by atoms with Crippen LogP contribution in [-0.2, 0) is 9.84 Å². The number of rotatable bonds is 2. The number of aromatic carboxylic acids is 1. The number of nitrogens with zero attached hydrogens (tertiary/aromatic N) is 1. The molecule has 1 heterocycles. The van der Waals surface area contributed by atoms with Crippen LogP contribution in [0.15, 0.2) is 82.6 Å². The summed E-state index contributed by atoms with van der Waals surface area (Å²) in [5.41, 5.74) is 1.18. The molecule has 7 heteroatoms. The van der Waals surface area contributed by atoms with E-state index in [0.717, 1.165) is 12.2 Å². The first-order valence-corrected chi connectivity index (χ1v) is 13.4. The van der Waals surface area contributed by atoms with Crippen LogP contribution in [0.5, 0.6) is 0 Å². The molecule has 0 amide bonds. The van der Waals surface area contributed by atoms with E-state index in [-0.39, 0.29) is 5.56 Å². The Bertz CT molecular complexity index is 1060. The van der Waals surface area contributed by atoms with Crippen molar-refractivity contribution in [3.05, 3.63) is 78.4 Å². The Morgan fingerprint density at radius 1 is 0.821 bits per heavy atom. The summed E-state index contributed by atoms with van der Waals surface area (Å²) in [5.74, 6) is -1.14. The predicted octanol–water partition coefficient (Wildman–Crippen LogP) is 0.604. The molecular formula is C21H18BiNO4S. The Morgan fingerprint density at radius 3 is 1.71 bits per heavy atom. The number of anilines is 1. The molecule has 0 spiro atoms. The monoisotopic (exact) mass is 589 g/mol. The van der Waals surface area contributed by atoms with Gasteiger partial charge in [-0.25, -0.2) is 0 Å². The van der Waals surface area contributed by atoms with Crippen LogP contribution in [0, 0.1) is 0 Å². The molecule has 1 aliphatic heterocycles. The van der Waals surface area contributed by atoms with Crippen molar-refractivity contribution in [1.29, 1.82) is 0 Å². The first-order valence-electron chi connectivity index (χ1n) is 8.44. The van der Waals surface area contributed by atoms with Gasteiger partial charge < -0.3 is 14.8 Å². The molecule has 0 unspecified atom stereocenters. The number of fused-ring (bicyclic) bond motifs is 2. The molecule has 3 aromatic carbocycles. The first-order chi connectivity index (χ1) is 13.3. The summed E-state index contributed by atoms with van der Waals surface area (Å²) in [6.45, 7) is 0. The van der Waals surface area contributed by atoms with Gasteiger partial charge in [0, 0.05) is 19.8 Å². The number of hydrogen-bond donors (Lipinski definition) is 0. The van der Waals surface area contributed by atoms with E-state index in [1.54, 1.807) is 36.4 Å². The fraction of sp³-hybridized carbons (Fsp3) is 0.0952. The SMILES string of the molecule is CN(C)c1ccc(C(=O)[O-])cc1.O=S1(=O)c2cccc[c]2[Bi+][c]2ccccc21. The Balaban J connectivity index is 0.000000169. The van der Waals surface area contributed by atoms with Gasteiger partial charge in [0.25, 0.3) is 0 Å². The Kier molecular flexibility index (Phi) is 6.16. The zero-order chi connectivity index (χ0) is 20.3. The van der Waals surface area contributed by atoms with E-state index in [4.69, 9.17) is 0 Å². The summed E-state index contributed by atoms with van der Waals surface area (Å²) >= 11 is -1.05. The van der Waals surface area contributed by atoms with E-state index in [0.29, 0.717) is 9.79 Å². The zero-order valence-electron chi connectivity index (χ0n) is 15.4. The van der Waals surface area contributed by atoms with Crippen molar-refractivity contribution in [2.45, 2.75) is 9.79 Å². The van der Waals surface area contributed by atoms with E-state index in [9.17, 15) is 18.3 Å². The number of carbonyl (C=O) groups is 1. The van der Waals surface area contributed by atoms with E-state index in [1.807, 2.05) is 43.3 Å². The van der Waals surface area contributed by atoms with Gasteiger partial charge in [-0.2, -0.15) is 0 Å². The summed E-state index contributed by atoms with van der Waals surface area (Å²) in [6, 6.07) is 21.4. The van der Waals surface area contributed by atoms with Gasteiger partial charge in [-0.3, -0.25) is 0 Å². The minimum atomic E-state index is -3.26. The molecule has 0 saturated heterocycles. The third kappa shape index (κ3) is 4.26. The maximum absolute atomic E-state index is 12.3. The van der Waals surface area contributed by atoms with Crippen molar-refractivity contribution in [1.82, 2.24) is 0 Å². The Hall–Kier alpha value is -2.24. The van der Waals surface area contributed by atoms with Gasteiger partial charge in [0.05, 0.1) is 5.97 Å². The Labute approximate surface area is 176 Å². The molecule has 0 N–H and O–H groups in total. The molecule has 0 aromatic heterocycles. The van der Waals surface area contributed by atoms with Crippen LogP contribution < -0.4 is 16.5 Å². The van der Waals surface area contributed by atoms with Crippen LogP contribution in [-0.4, -0.2) is 51.7 Å². The quantitative estimate of drug-likeness (QED) is 0.321. The summed E-state index contributed by atoms with van der Waals surface area (Å²) < 4.78 is 26.8. The second-order valence-corrected chi connectivity index (χ2v) is 12.8. The van der Waals surface area contributed by atoms with E-state index in [1.165, 1.54) is 12.1 Å². The number of hydrogen-bond acceptors (Lipinski definition) is 5. The molecule has 0 saturated carbocycles. The maximum atomic E-state index is 12.3.